The summed E-state index contributed by atoms with van der Waals surface area (Å²) in [4.78, 5) is 0. The van der Waals surface area contributed by atoms with E-state index in [0.29, 0.717) is 0 Å². The second kappa shape index (κ2) is 2.10. The first-order valence-electron chi connectivity index (χ1n) is 4.13. The summed E-state index contributed by atoms with van der Waals surface area (Å²) in [6, 6.07) is 4.07. The molecule has 1 aromatic carbocycles. The van der Waals surface area contributed by atoms with Gasteiger partial charge < -0.3 is 0 Å². The van der Waals surface area contributed by atoms with E-state index in [0.717, 1.165) is 27.5 Å². The van der Waals surface area contributed by atoms with Crippen LogP contribution in [0.5, 0.6) is 0 Å². The van der Waals surface area contributed by atoms with Crippen LogP contribution in [0.1, 0.15) is 5.69 Å². The van der Waals surface area contributed by atoms with Crippen molar-refractivity contribution in [2.24, 2.45) is 0 Å². The maximum atomic E-state index is 4.16. The van der Waals surface area contributed by atoms with E-state index in [4.69, 9.17) is 0 Å². The van der Waals surface area contributed by atoms with Crippen LogP contribution in [0.4, 0.5) is 0 Å². The van der Waals surface area contributed by atoms with Gasteiger partial charge in [0.05, 0.1) is 22.9 Å². The zero-order chi connectivity index (χ0) is 8.84. The van der Waals surface area contributed by atoms with E-state index < -0.39 is 0 Å². The van der Waals surface area contributed by atoms with Crippen molar-refractivity contribution in [2.75, 3.05) is 0 Å². The van der Waals surface area contributed by atoms with Crippen molar-refractivity contribution in [1.29, 1.82) is 0 Å². The van der Waals surface area contributed by atoms with Crippen LogP contribution in [0.2, 0.25) is 0 Å². The Bertz CT molecular complexity index is 575. The van der Waals surface area contributed by atoms with Crippen LogP contribution in [0, 0.1) is 6.92 Å². The van der Waals surface area contributed by atoms with Gasteiger partial charge in [0.25, 0.3) is 0 Å². The third-order valence-corrected chi connectivity index (χ3v) is 2.35. The number of fused-ring (bicyclic) bond motifs is 3. The van der Waals surface area contributed by atoms with Crippen LogP contribution in [-0.4, -0.2) is 20.4 Å². The van der Waals surface area contributed by atoms with Gasteiger partial charge >= 0.3 is 0 Å². The standard InChI is InChI=1S/C9H8N4/c1-5-6-2-3-8-7(4-10-12-8)9(6)13-11-5/h2-4H,1H3,(H,10,12)(H,11,13). The molecule has 13 heavy (non-hydrogen) atoms. The van der Waals surface area contributed by atoms with Gasteiger partial charge in [-0.15, -0.1) is 0 Å². The Morgan fingerprint density at radius 3 is 3.00 bits per heavy atom. The molecule has 0 amide bonds. The predicted molar refractivity (Wildman–Crippen MR) is 50.5 cm³/mol. The van der Waals surface area contributed by atoms with Crippen molar-refractivity contribution in [3.05, 3.63) is 24.0 Å². The third kappa shape index (κ3) is 0.744. The highest BCUT2D eigenvalue weighted by Crippen LogP contribution is 2.23. The molecule has 0 fully saturated rings. The van der Waals surface area contributed by atoms with Gasteiger partial charge in [0.1, 0.15) is 0 Å². The molecule has 3 rings (SSSR count). The number of nitrogens with one attached hydrogen (secondary N) is 2. The smallest absolute Gasteiger partial charge is 0.0763 e. The molecule has 4 nitrogen and oxygen atoms in total. The second-order valence-electron chi connectivity index (χ2n) is 3.13. The largest absolute Gasteiger partial charge is 0.278 e. The third-order valence-electron chi connectivity index (χ3n) is 2.35. The van der Waals surface area contributed by atoms with Crippen LogP contribution < -0.4 is 0 Å². The van der Waals surface area contributed by atoms with Crippen molar-refractivity contribution in [3.63, 3.8) is 0 Å². The van der Waals surface area contributed by atoms with E-state index >= 15 is 0 Å². The molecule has 2 N–H and O–H groups in total. The Kier molecular flexibility index (Phi) is 1.07. The molecule has 0 atom stereocenters. The fourth-order valence-electron chi connectivity index (χ4n) is 1.64. The molecule has 0 saturated heterocycles. The fraction of sp³-hybridized carbons (Fsp3) is 0.111. The summed E-state index contributed by atoms with van der Waals surface area (Å²) < 4.78 is 0. The number of aryl methyl sites for hydroxylation is 1. The second-order valence-corrected chi connectivity index (χ2v) is 3.13. The molecular weight excluding hydrogens is 164 g/mol. The fourth-order valence-corrected chi connectivity index (χ4v) is 1.64. The Morgan fingerprint density at radius 2 is 2.08 bits per heavy atom. The van der Waals surface area contributed by atoms with Gasteiger partial charge in [-0.05, 0) is 19.1 Å². The van der Waals surface area contributed by atoms with Crippen LogP contribution >= 0.6 is 0 Å². The van der Waals surface area contributed by atoms with E-state index in [1.165, 1.54) is 0 Å². The summed E-state index contributed by atoms with van der Waals surface area (Å²) in [6.45, 7) is 1.99. The number of nitrogens with zero attached hydrogens (tertiary/aromatic N) is 2. The molecule has 2 heterocycles. The lowest BCUT2D eigenvalue weighted by molar-refractivity contribution is 1.07. The molecule has 2 aromatic heterocycles. The van der Waals surface area contributed by atoms with Gasteiger partial charge in [-0.3, -0.25) is 10.2 Å². The molecule has 0 saturated carbocycles. The summed E-state index contributed by atoms with van der Waals surface area (Å²) in [5, 5.41) is 16.3. The molecule has 64 valence electrons. The van der Waals surface area contributed by atoms with Gasteiger partial charge in [-0.25, -0.2) is 0 Å². The number of aromatic amines is 2. The first-order chi connectivity index (χ1) is 6.36. The van der Waals surface area contributed by atoms with Crippen LogP contribution in [-0.2, 0) is 0 Å². The van der Waals surface area contributed by atoms with Gasteiger partial charge in [-0.1, -0.05) is 0 Å². The van der Waals surface area contributed by atoms with Gasteiger partial charge in [0, 0.05) is 10.8 Å². The molecular formula is C9H8N4. The van der Waals surface area contributed by atoms with Crippen molar-refractivity contribution in [1.82, 2.24) is 20.4 Å². The van der Waals surface area contributed by atoms with E-state index in [2.05, 4.69) is 26.5 Å². The Morgan fingerprint density at radius 1 is 1.15 bits per heavy atom. The van der Waals surface area contributed by atoms with Crippen molar-refractivity contribution in [2.45, 2.75) is 6.92 Å². The molecule has 0 bridgehead atoms. The normalized spacial score (nSPS) is 11.5. The maximum Gasteiger partial charge on any atom is 0.0763 e. The summed E-state index contributed by atoms with van der Waals surface area (Å²) in [7, 11) is 0. The Balaban J connectivity index is 2.66. The van der Waals surface area contributed by atoms with Gasteiger partial charge in [0.15, 0.2) is 0 Å². The van der Waals surface area contributed by atoms with E-state index in [1.807, 2.05) is 19.2 Å². The SMILES string of the molecule is Cc1n[nH]c2c1ccc1[nH]ncc12. The van der Waals surface area contributed by atoms with Crippen LogP contribution in [0.15, 0.2) is 18.3 Å². The lowest BCUT2D eigenvalue weighted by atomic mass is 10.1. The first kappa shape index (κ1) is 6.65. The topological polar surface area (TPSA) is 57.4 Å². The molecule has 0 unspecified atom stereocenters. The number of rotatable bonds is 0. The molecule has 0 aliphatic carbocycles. The molecule has 0 spiro atoms. The van der Waals surface area contributed by atoms with E-state index in [-0.39, 0.29) is 0 Å². The quantitative estimate of drug-likeness (QED) is 0.542. The Hall–Kier alpha value is -1.84. The zero-order valence-corrected chi connectivity index (χ0v) is 7.13. The number of hydrogen-bond acceptors (Lipinski definition) is 2. The zero-order valence-electron chi connectivity index (χ0n) is 7.13. The average Bonchev–Trinajstić information content (AvgIpc) is 2.70. The van der Waals surface area contributed by atoms with E-state index in [1.54, 1.807) is 0 Å². The number of benzene rings is 1. The van der Waals surface area contributed by atoms with Crippen LogP contribution in [0.25, 0.3) is 21.8 Å². The molecule has 3 aromatic rings. The highest BCUT2D eigenvalue weighted by molar-refractivity contribution is 6.04. The number of H-pyrrole nitrogens is 2. The summed E-state index contributed by atoms with van der Waals surface area (Å²) >= 11 is 0. The van der Waals surface area contributed by atoms with E-state index in [9.17, 15) is 0 Å². The predicted octanol–water partition coefficient (Wildman–Crippen LogP) is 1.75. The van der Waals surface area contributed by atoms with Gasteiger partial charge in [-0.2, -0.15) is 10.2 Å². The summed E-state index contributed by atoms with van der Waals surface area (Å²) in [5.74, 6) is 0. The average molecular weight is 172 g/mol. The van der Waals surface area contributed by atoms with Crippen molar-refractivity contribution in [3.8, 4) is 0 Å². The Labute approximate surface area is 74.0 Å². The van der Waals surface area contributed by atoms with Crippen molar-refractivity contribution < 1.29 is 0 Å². The van der Waals surface area contributed by atoms with Crippen molar-refractivity contribution >= 4 is 21.8 Å². The highest BCUT2D eigenvalue weighted by atomic mass is 15.1. The molecule has 0 aliphatic rings. The molecule has 0 aliphatic heterocycles. The van der Waals surface area contributed by atoms with Crippen LogP contribution in [0.3, 0.4) is 0 Å². The lowest BCUT2D eigenvalue weighted by Crippen LogP contribution is -1.71. The minimum atomic E-state index is 1.03. The molecule has 4 heteroatoms. The first-order valence-corrected chi connectivity index (χ1v) is 4.13. The lowest BCUT2D eigenvalue weighted by Gasteiger charge is -1.90. The highest BCUT2D eigenvalue weighted by Gasteiger charge is 2.05. The number of hydrogen-bond donors (Lipinski definition) is 2. The minimum absolute atomic E-state index is 1.03. The van der Waals surface area contributed by atoms with Gasteiger partial charge in [0.2, 0.25) is 0 Å². The summed E-state index contributed by atoms with van der Waals surface area (Å²) in [6.07, 6.45) is 1.81. The maximum absolute atomic E-state index is 4.16. The minimum Gasteiger partial charge on any atom is -0.278 e. The number of aromatic nitrogens is 4. The monoisotopic (exact) mass is 172 g/mol. The molecule has 0 radical (unpaired) electrons. The summed E-state index contributed by atoms with van der Waals surface area (Å²) in [5.41, 5.74) is 3.12.